The van der Waals surface area contributed by atoms with Crippen LogP contribution in [0.1, 0.15) is 18.4 Å². The van der Waals surface area contributed by atoms with Crippen LogP contribution in [0.4, 0.5) is 5.69 Å². The summed E-state index contributed by atoms with van der Waals surface area (Å²) in [4.78, 5) is 12.4. The number of aryl methyl sites for hydroxylation is 1. The Morgan fingerprint density at radius 3 is 2.62 bits per heavy atom. The third-order valence-corrected chi connectivity index (χ3v) is 4.06. The Bertz CT molecular complexity index is 667. The van der Waals surface area contributed by atoms with Gasteiger partial charge < -0.3 is 15.4 Å². The van der Waals surface area contributed by atoms with Crippen molar-refractivity contribution >= 4 is 24.0 Å². The lowest BCUT2D eigenvalue weighted by atomic mass is 9.99. The first-order chi connectivity index (χ1) is 11.2. The van der Waals surface area contributed by atoms with Crippen LogP contribution in [-0.2, 0) is 4.79 Å². The standard InChI is InChI=1S/C19H22N2O2.ClH/c1-14-8-10-16(11-9-14)23-18-7-3-2-6-17(18)21-19(22)15-5-4-12-20-13-15;/h2-3,6-11,15,20H,4-5,12-13H2,1H3,(H,21,22);1H/t15-;/m1./s1. The molecule has 1 heterocycles. The second kappa shape index (κ2) is 8.71. The van der Waals surface area contributed by atoms with Gasteiger partial charge in [-0.15, -0.1) is 12.4 Å². The molecule has 1 amide bonds. The first kappa shape index (κ1) is 18.3. The first-order valence-corrected chi connectivity index (χ1v) is 8.07. The number of carbonyl (C=O) groups is 1. The van der Waals surface area contributed by atoms with E-state index in [4.69, 9.17) is 4.74 Å². The van der Waals surface area contributed by atoms with Crippen LogP contribution in [-0.4, -0.2) is 19.0 Å². The number of amides is 1. The Balaban J connectivity index is 0.00000208. The summed E-state index contributed by atoms with van der Waals surface area (Å²) in [5, 5.41) is 6.28. The molecule has 24 heavy (non-hydrogen) atoms. The van der Waals surface area contributed by atoms with E-state index in [0.717, 1.165) is 31.7 Å². The molecule has 2 aromatic carbocycles. The maximum atomic E-state index is 12.4. The number of anilines is 1. The molecule has 0 saturated carbocycles. The molecule has 3 rings (SSSR count). The van der Waals surface area contributed by atoms with Crippen molar-refractivity contribution in [1.82, 2.24) is 5.32 Å². The van der Waals surface area contributed by atoms with E-state index < -0.39 is 0 Å². The van der Waals surface area contributed by atoms with Crippen LogP contribution < -0.4 is 15.4 Å². The van der Waals surface area contributed by atoms with Crippen molar-refractivity contribution in [1.29, 1.82) is 0 Å². The second-order valence-electron chi connectivity index (χ2n) is 5.94. The molecular weight excluding hydrogens is 324 g/mol. The van der Waals surface area contributed by atoms with Gasteiger partial charge in [-0.1, -0.05) is 29.8 Å². The zero-order chi connectivity index (χ0) is 16.1. The molecule has 1 aliphatic rings. The lowest BCUT2D eigenvalue weighted by Gasteiger charge is -2.22. The third kappa shape index (κ3) is 4.73. The van der Waals surface area contributed by atoms with E-state index in [2.05, 4.69) is 10.6 Å². The van der Waals surface area contributed by atoms with E-state index in [1.165, 1.54) is 5.56 Å². The van der Waals surface area contributed by atoms with Crippen LogP contribution in [0.25, 0.3) is 0 Å². The highest BCUT2D eigenvalue weighted by atomic mass is 35.5. The monoisotopic (exact) mass is 346 g/mol. The van der Waals surface area contributed by atoms with Gasteiger partial charge in [0.1, 0.15) is 5.75 Å². The molecule has 5 heteroatoms. The van der Waals surface area contributed by atoms with Crippen molar-refractivity contribution in [2.45, 2.75) is 19.8 Å². The molecule has 0 spiro atoms. The van der Waals surface area contributed by atoms with Crippen molar-refractivity contribution in [2.75, 3.05) is 18.4 Å². The van der Waals surface area contributed by atoms with E-state index in [-0.39, 0.29) is 24.2 Å². The first-order valence-electron chi connectivity index (χ1n) is 8.07. The molecule has 4 nitrogen and oxygen atoms in total. The van der Waals surface area contributed by atoms with Crippen LogP contribution in [0.3, 0.4) is 0 Å². The summed E-state index contributed by atoms with van der Waals surface area (Å²) in [6, 6.07) is 15.4. The van der Waals surface area contributed by atoms with Crippen molar-refractivity contribution in [2.24, 2.45) is 5.92 Å². The number of para-hydroxylation sites is 2. The predicted molar refractivity (Wildman–Crippen MR) is 99.2 cm³/mol. The Labute approximate surface area is 149 Å². The topological polar surface area (TPSA) is 50.4 Å². The van der Waals surface area contributed by atoms with Gasteiger partial charge in [0.25, 0.3) is 0 Å². The summed E-state index contributed by atoms with van der Waals surface area (Å²) in [5.41, 5.74) is 1.90. The van der Waals surface area contributed by atoms with Gasteiger partial charge in [0.05, 0.1) is 11.6 Å². The molecule has 1 atom stereocenters. The van der Waals surface area contributed by atoms with Crippen LogP contribution in [0.15, 0.2) is 48.5 Å². The molecule has 2 N–H and O–H groups in total. The molecule has 0 aliphatic carbocycles. The third-order valence-electron chi connectivity index (χ3n) is 4.06. The number of benzene rings is 2. The van der Waals surface area contributed by atoms with Gasteiger partial charge >= 0.3 is 0 Å². The van der Waals surface area contributed by atoms with Crippen molar-refractivity contribution in [3.63, 3.8) is 0 Å². The van der Waals surface area contributed by atoms with E-state index in [1.54, 1.807) is 0 Å². The Morgan fingerprint density at radius 1 is 1.17 bits per heavy atom. The maximum absolute atomic E-state index is 12.4. The van der Waals surface area contributed by atoms with Crippen LogP contribution >= 0.6 is 12.4 Å². The summed E-state index contributed by atoms with van der Waals surface area (Å²) in [6.45, 7) is 3.78. The molecule has 2 aromatic rings. The summed E-state index contributed by atoms with van der Waals surface area (Å²) in [5.74, 6) is 1.50. The van der Waals surface area contributed by atoms with Gasteiger partial charge in [0.15, 0.2) is 5.75 Å². The molecule has 1 saturated heterocycles. The summed E-state index contributed by atoms with van der Waals surface area (Å²) >= 11 is 0. The predicted octanol–water partition coefficient (Wildman–Crippen LogP) is 4.15. The average Bonchev–Trinajstić information content (AvgIpc) is 2.59. The molecule has 128 valence electrons. The fourth-order valence-corrected chi connectivity index (χ4v) is 2.70. The van der Waals surface area contributed by atoms with Gasteiger partial charge in [-0.25, -0.2) is 0 Å². The van der Waals surface area contributed by atoms with Crippen LogP contribution in [0, 0.1) is 12.8 Å². The summed E-state index contributed by atoms with van der Waals surface area (Å²) in [7, 11) is 0. The fraction of sp³-hybridized carbons (Fsp3) is 0.316. The molecular formula is C19H23ClN2O2. The smallest absolute Gasteiger partial charge is 0.228 e. The number of carbonyl (C=O) groups excluding carboxylic acids is 1. The second-order valence-corrected chi connectivity index (χ2v) is 5.94. The Kier molecular flexibility index (Phi) is 6.64. The van der Waals surface area contributed by atoms with E-state index in [0.29, 0.717) is 11.4 Å². The van der Waals surface area contributed by atoms with Gasteiger partial charge in [0, 0.05) is 6.54 Å². The Hall–Kier alpha value is -2.04. The number of hydrogen-bond donors (Lipinski definition) is 2. The van der Waals surface area contributed by atoms with Crippen molar-refractivity contribution < 1.29 is 9.53 Å². The van der Waals surface area contributed by atoms with Gasteiger partial charge in [-0.05, 0) is 50.6 Å². The maximum Gasteiger partial charge on any atom is 0.228 e. The summed E-state index contributed by atoms with van der Waals surface area (Å²) < 4.78 is 5.92. The minimum Gasteiger partial charge on any atom is -0.455 e. The SMILES string of the molecule is Cc1ccc(Oc2ccccc2NC(=O)[C@@H]2CCCNC2)cc1.Cl. The summed E-state index contributed by atoms with van der Waals surface area (Å²) in [6.07, 6.45) is 1.97. The zero-order valence-corrected chi connectivity index (χ0v) is 14.6. The quantitative estimate of drug-likeness (QED) is 0.874. The largest absolute Gasteiger partial charge is 0.455 e. The lowest BCUT2D eigenvalue weighted by Crippen LogP contribution is -2.37. The highest BCUT2D eigenvalue weighted by Gasteiger charge is 2.21. The normalized spacial score (nSPS) is 16.8. The number of rotatable bonds is 4. The average molecular weight is 347 g/mol. The fourth-order valence-electron chi connectivity index (χ4n) is 2.70. The van der Waals surface area contributed by atoms with Crippen LogP contribution in [0.2, 0.25) is 0 Å². The van der Waals surface area contributed by atoms with Gasteiger partial charge in [-0.3, -0.25) is 4.79 Å². The van der Waals surface area contributed by atoms with Crippen LogP contribution in [0.5, 0.6) is 11.5 Å². The molecule has 1 aliphatic heterocycles. The highest BCUT2D eigenvalue weighted by molar-refractivity contribution is 5.94. The Morgan fingerprint density at radius 2 is 1.92 bits per heavy atom. The van der Waals surface area contributed by atoms with Gasteiger partial charge in [0.2, 0.25) is 5.91 Å². The number of halogens is 1. The molecule has 0 aromatic heterocycles. The number of piperidine rings is 1. The van der Waals surface area contributed by atoms with Gasteiger partial charge in [-0.2, -0.15) is 0 Å². The van der Waals surface area contributed by atoms with E-state index >= 15 is 0 Å². The van der Waals surface area contributed by atoms with E-state index in [1.807, 2.05) is 55.5 Å². The highest BCUT2D eigenvalue weighted by Crippen LogP contribution is 2.30. The number of hydrogen-bond acceptors (Lipinski definition) is 3. The minimum atomic E-state index is 0. The van der Waals surface area contributed by atoms with E-state index in [9.17, 15) is 4.79 Å². The molecule has 0 bridgehead atoms. The number of nitrogens with one attached hydrogen (secondary N) is 2. The molecule has 0 radical (unpaired) electrons. The molecule has 0 unspecified atom stereocenters. The van der Waals surface area contributed by atoms with Crippen molar-refractivity contribution in [3.8, 4) is 11.5 Å². The zero-order valence-electron chi connectivity index (χ0n) is 13.7. The lowest BCUT2D eigenvalue weighted by molar-refractivity contribution is -0.120. The number of ether oxygens (including phenoxy) is 1. The van der Waals surface area contributed by atoms with Crippen molar-refractivity contribution in [3.05, 3.63) is 54.1 Å². The molecule has 1 fully saturated rings. The minimum absolute atomic E-state index is 0.